The van der Waals surface area contributed by atoms with E-state index in [1.807, 2.05) is 24.3 Å². The minimum Gasteiger partial charge on any atom is -0.497 e. The average molecular weight is 400 g/mol. The molecular formula is C20H20N2O5S. The molecule has 1 amide bonds. The maximum Gasteiger partial charge on any atom is 0.267 e. The van der Waals surface area contributed by atoms with Crippen molar-refractivity contribution in [1.82, 2.24) is 4.98 Å². The van der Waals surface area contributed by atoms with Gasteiger partial charge in [0.1, 0.15) is 15.6 Å². The molecule has 0 aliphatic carbocycles. The summed E-state index contributed by atoms with van der Waals surface area (Å²) in [5.74, 6) is 1.87. The predicted molar refractivity (Wildman–Crippen MR) is 108 cm³/mol. The molecule has 1 aromatic heterocycles. The Labute approximate surface area is 166 Å². The van der Waals surface area contributed by atoms with Crippen molar-refractivity contribution in [3.8, 4) is 33.6 Å². The standard InChI is InChI=1S/C20H20N2O5S/c1-24-14-7-5-12(6-8-14)20-21-11-17(28-20)19(23)22-13-9-15(25-2)18(27-4)16(10-13)26-3/h5-11H,1-4H3,(H,22,23). The third-order valence-electron chi connectivity index (χ3n) is 3.99. The van der Waals surface area contributed by atoms with Crippen molar-refractivity contribution in [1.29, 1.82) is 0 Å². The largest absolute Gasteiger partial charge is 0.497 e. The lowest BCUT2D eigenvalue weighted by atomic mass is 10.2. The molecule has 3 aromatic rings. The fourth-order valence-corrected chi connectivity index (χ4v) is 3.41. The molecule has 3 rings (SSSR count). The molecule has 0 atom stereocenters. The fourth-order valence-electron chi connectivity index (χ4n) is 2.59. The van der Waals surface area contributed by atoms with Gasteiger partial charge in [0.2, 0.25) is 5.75 Å². The number of anilines is 1. The summed E-state index contributed by atoms with van der Waals surface area (Å²) < 4.78 is 21.1. The van der Waals surface area contributed by atoms with Crippen molar-refractivity contribution in [2.75, 3.05) is 33.8 Å². The zero-order valence-electron chi connectivity index (χ0n) is 15.9. The first-order valence-electron chi connectivity index (χ1n) is 8.31. The Kier molecular flexibility index (Phi) is 6.00. The molecule has 1 N–H and O–H groups in total. The summed E-state index contributed by atoms with van der Waals surface area (Å²) in [5, 5.41) is 3.59. The maximum absolute atomic E-state index is 12.6. The molecule has 0 unspecified atom stereocenters. The van der Waals surface area contributed by atoms with E-state index in [1.54, 1.807) is 25.4 Å². The highest BCUT2D eigenvalue weighted by Crippen LogP contribution is 2.40. The smallest absolute Gasteiger partial charge is 0.267 e. The number of ether oxygens (including phenoxy) is 4. The van der Waals surface area contributed by atoms with Crippen LogP contribution in [0, 0.1) is 0 Å². The summed E-state index contributed by atoms with van der Waals surface area (Å²) in [5.41, 5.74) is 1.44. The van der Waals surface area contributed by atoms with Crippen LogP contribution in [0.2, 0.25) is 0 Å². The van der Waals surface area contributed by atoms with Crippen LogP contribution in [-0.4, -0.2) is 39.3 Å². The summed E-state index contributed by atoms with van der Waals surface area (Å²) in [6.45, 7) is 0. The molecule has 7 nitrogen and oxygen atoms in total. The number of carbonyl (C=O) groups excluding carboxylic acids is 1. The number of benzene rings is 2. The van der Waals surface area contributed by atoms with E-state index in [1.165, 1.54) is 32.7 Å². The molecule has 28 heavy (non-hydrogen) atoms. The first-order chi connectivity index (χ1) is 13.6. The lowest BCUT2D eigenvalue weighted by molar-refractivity contribution is 0.103. The predicted octanol–water partition coefficient (Wildman–Crippen LogP) is 4.10. The van der Waals surface area contributed by atoms with E-state index in [0.717, 1.165) is 16.3 Å². The van der Waals surface area contributed by atoms with Gasteiger partial charge in [-0.15, -0.1) is 11.3 Å². The van der Waals surface area contributed by atoms with E-state index >= 15 is 0 Å². The molecular weight excluding hydrogens is 380 g/mol. The molecule has 0 saturated heterocycles. The molecule has 0 fully saturated rings. The molecule has 0 aliphatic heterocycles. The Balaban J connectivity index is 1.81. The second-order valence-electron chi connectivity index (χ2n) is 5.63. The van der Waals surface area contributed by atoms with Gasteiger partial charge in [0, 0.05) is 23.4 Å². The second-order valence-corrected chi connectivity index (χ2v) is 6.66. The Morgan fingerprint density at radius 1 is 0.929 bits per heavy atom. The maximum atomic E-state index is 12.6. The number of aromatic nitrogens is 1. The number of carbonyl (C=O) groups is 1. The monoisotopic (exact) mass is 400 g/mol. The van der Waals surface area contributed by atoms with E-state index in [0.29, 0.717) is 27.8 Å². The number of rotatable bonds is 7. The number of nitrogens with zero attached hydrogens (tertiary/aromatic N) is 1. The zero-order valence-corrected chi connectivity index (χ0v) is 16.8. The molecule has 0 bridgehead atoms. The van der Waals surface area contributed by atoms with Crippen LogP contribution in [0.4, 0.5) is 5.69 Å². The van der Waals surface area contributed by atoms with Crippen LogP contribution >= 0.6 is 11.3 Å². The molecule has 0 aliphatic rings. The highest BCUT2D eigenvalue weighted by atomic mass is 32.1. The fraction of sp³-hybridized carbons (Fsp3) is 0.200. The molecule has 0 radical (unpaired) electrons. The molecule has 1 heterocycles. The van der Waals surface area contributed by atoms with Crippen LogP contribution in [0.1, 0.15) is 9.67 Å². The number of methoxy groups -OCH3 is 4. The highest BCUT2D eigenvalue weighted by Gasteiger charge is 2.17. The Morgan fingerprint density at radius 3 is 2.11 bits per heavy atom. The second kappa shape index (κ2) is 8.62. The van der Waals surface area contributed by atoms with Crippen LogP contribution in [0.25, 0.3) is 10.6 Å². The normalized spacial score (nSPS) is 10.3. The van der Waals surface area contributed by atoms with Crippen LogP contribution in [0.5, 0.6) is 23.0 Å². The van der Waals surface area contributed by atoms with E-state index in [9.17, 15) is 4.79 Å². The Morgan fingerprint density at radius 2 is 1.57 bits per heavy atom. The van der Waals surface area contributed by atoms with Crippen LogP contribution in [0.15, 0.2) is 42.6 Å². The summed E-state index contributed by atoms with van der Waals surface area (Å²) >= 11 is 1.30. The van der Waals surface area contributed by atoms with Crippen molar-refractivity contribution in [3.63, 3.8) is 0 Å². The van der Waals surface area contributed by atoms with Gasteiger partial charge in [-0.2, -0.15) is 0 Å². The van der Waals surface area contributed by atoms with Crippen LogP contribution in [-0.2, 0) is 0 Å². The van der Waals surface area contributed by atoms with Crippen LogP contribution < -0.4 is 24.3 Å². The molecule has 0 saturated carbocycles. The van der Waals surface area contributed by atoms with Gasteiger partial charge in [-0.05, 0) is 24.3 Å². The minimum absolute atomic E-state index is 0.272. The summed E-state index contributed by atoms with van der Waals surface area (Å²) in [6, 6.07) is 10.9. The first-order valence-corrected chi connectivity index (χ1v) is 9.12. The number of thiazole rings is 1. The van der Waals surface area contributed by atoms with Gasteiger partial charge in [0.25, 0.3) is 5.91 Å². The van der Waals surface area contributed by atoms with Gasteiger partial charge in [0.05, 0.1) is 34.6 Å². The van der Waals surface area contributed by atoms with E-state index in [4.69, 9.17) is 18.9 Å². The Hall–Kier alpha value is -3.26. The molecule has 8 heteroatoms. The molecule has 2 aromatic carbocycles. The van der Waals surface area contributed by atoms with E-state index < -0.39 is 0 Å². The van der Waals surface area contributed by atoms with Gasteiger partial charge >= 0.3 is 0 Å². The van der Waals surface area contributed by atoms with Crippen molar-refractivity contribution >= 4 is 22.9 Å². The zero-order chi connectivity index (χ0) is 20.1. The summed E-state index contributed by atoms with van der Waals surface area (Å²) in [6.07, 6.45) is 1.55. The van der Waals surface area contributed by atoms with E-state index in [-0.39, 0.29) is 5.91 Å². The SMILES string of the molecule is COc1ccc(-c2ncc(C(=O)Nc3cc(OC)c(OC)c(OC)c3)s2)cc1. The molecule has 0 spiro atoms. The van der Waals surface area contributed by atoms with Crippen LogP contribution in [0.3, 0.4) is 0 Å². The van der Waals surface area contributed by atoms with Gasteiger partial charge < -0.3 is 24.3 Å². The number of hydrogen-bond acceptors (Lipinski definition) is 7. The average Bonchev–Trinajstić information content (AvgIpc) is 3.23. The summed E-state index contributed by atoms with van der Waals surface area (Å²) in [7, 11) is 6.18. The Bertz CT molecular complexity index is 944. The topological polar surface area (TPSA) is 78.9 Å². The number of amides is 1. The van der Waals surface area contributed by atoms with Gasteiger partial charge in [-0.25, -0.2) is 4.98 Å². The van der Waals surface area contributed by atoms with Crippen molar-refractivity contribution in [2.45, 2.75) is 0 Å². The molecule has 146 valence electrons. The van der Waals surface area contributed by atoms with E-state index in [2.05, 4.69) is 10.3 Å². The quantitative estimate of drug-likeness (QED) is 0.643. The van der Waals surface area contributed by atoms with Gasteiger partial charge in [-0.3, -0.25) is 4.79 Å². The van der Waals surface area contributed by atoms with Gasteiger partial charge in [-0.1, -0.05) is 0 Å². The van der Waals surface area contributed by atoms with Crippen molar-refractivity contribution in [2.24, 2.45) is 0 Å². The van der Waals surface area contributed by atoms with Gasteiger partial charge in [0.15, 0.2) is 11.5 Å². The minimum atomic E-state index is -0.272. The third-order valence-corrected chi connectivity index (χ3v) is 5.03. The summed E-state index contributed by atoms with van der Waals surface area (Å²) in [4.78, 5) is 17.5. The van der Waals surface area contributed by atoms with Crippen molar-refractivity contribution in [3.05, 3.63) is 47.5 Å². The lowest BCUT2D eigenvalue weighted by Crippen LogP contribution is -2.10. The third kappa shape index (κ3) is 4.01. The first kappa shape index (κ1) is 19.5. The van der Waals surface area contributed by atoms with Crippen molar-refractivity contribution < 1.29 is 23.7 Å². The number of hydrogen-bond donors (Lipinski definition) is 1. The lowest BCUT2D eigenvalue weighted by Gasteiger charge is -2.14. The highest BCUT2D eigenvalue weighted by molar-refractivity contribution is 7.17. The number of nitrogens with one attached hydrogen (secondary N) is 1.